The molecule has 0 radical (unpaired) electrons. The number of nitrogens with one attached hydrogen (secondary N) is 1. The van der Waals surface area contributed by atoms with Gasteiger partial charge in [-0.25, -0.2) is 9.97 Å². The van der Waals surface area contributed by atoms with E-state index >= 15 is 0 Å². The van der Waals surface area contributed by atoms with Crippen molar-refractivity contribution in [3.8, 4) is 6.07 Å². The van der Waals surface area contributed by atoms with Gasteiger partial charge in [-0.15, -0.1) is 0 Å². The van der Waals surface area contributed by atoms with E-state index in [0.717, 1.165) is 22.3 Å². The fraction of sp³-hybridized carbons (Fsp3) is 0.263. The zero-order valence-electron chi connectivity index (χ0n) is 14.9. The van der Waals surface area contributed by atoms with Crippen LogP contribution in [0.5, 0.6) is 0 Å². The van der Waals surface area contributed by atoms with Crippen molar-refractivity contribution < 1.29 is 9.53 Å². The predicted octanol–water partition coefficient (Wildman–Crippen LogP) is 3.39. The number of rotatable bonds is 4. The summed E-state index contributed by atoms with van der Waals surface area (Å²) < 4.78 is 7.10. The van der Waals surface area contributed by atoms with Crippen LogP contribution < -0.4 is 5.32 Å². The Kier molecular flexibility index (Phi) is 4.59. The van der Waals surface area contributed by atoms with Gasteiger partial charge in [0, 0.05) is 17.3 Å². The molecule has 7 nitrogen and oxygen atoms in total. The number of benzene rings is 1. The molecule has 0 saturated heterocycles. The zero-order chi connectivity index (χ0) is 18.7. The second kappa shape index (κ2) is 6.84. The van der Waals surface area contributed by atoms with Gasteiger partial charge in [-0.2, -0.15) is 5.26 Å². The summed E-state index contributed by atoms with van der Waals surface area (Å²) in [5.74, 6) is -0.345. The molecule has 0 spiro atoms. The average molecular weight is 349 g/mol. The quantitative estimate of drug-likeness (QED) is 0.726. The minimum Gasteiger partial charge on any atom is -0.459 e. The zero-order valence-corrected chi connectivity index (χ0v) is 14.9. The van der Waals surface area contributed by atoms with Gasteiger partial charge in [-0.05, 0) is 39.0 Å². The SMILES string of the molecule is CC(C)(C)OC(=O)Cn1cc(C#N)c2cc(Nc3cncnc3)ccc21. The van der Waals surface area contributed by atoms with E-state index in [1.165, 1.54) is 6.33 Å². The first-order valence-electron chi connectivity index (χ1n) is 8.12. The maximum Gasteiger partial charge on any atom is 0.326 e. The van der Waals surface area contributed by atoms with Crippen LogP contribution in [0.25, 0.3) is 10.9 Å². The summed E-state index contributed by atoms with van der Waals surface area (Å²) >= 11 is 0. The van der Waals surface area contributed by atoms with E-state index in [2.05, 4.69) is 21.4 Å². The first kappa shape index (κ1) is 17.4. The number of fused-ring (bicyclic) bond motifs is 1. The molecule has 2 aromatic heterocycles. The number of aromatic nitrogens is 3. The average Bonchev–Trinajstić information content (AvgIpc) is 2.91. The number of carbonyl (C=O) groups is 1. The molecule has 0 fully saturated rings. The lowest BCUT2D eigenvalue weighted by Gasteiger charge is -2.19. The second-order valence-electron chi connectivity index (χ2n) is 6.85. The number of nitrogens with zero attached hydrogens (tertiary/aromatic N) is 4. The highest BCUT2D eigenvalue weighted by molar-refractivity contribution is 5.90. The number of anilines is 2. The summed E-state index contributed by atoms with van der Waals surface area (Å²) in [5.41, 5.74) is 2.29. The molecular weight excluding hydrogens is 330 g/mol. The van der Waals surface area contributed by atoms with Crippen LogP contribution in [-0.2, 0) is 16.1 Å². The van der Waals surface area contributed by atoms with E-state index in [-0.39, 0.29) is 12.5 Å². The van der Waals surface area contributed by atoms with Crippen LogP contribution in [0.4, 0.5) is 11.4 Å². The maximum absolute atomic E-state index is 12.1. The van der Waals surface area contributed by atoms with Crippen molar-refractivity contribution >= 4 is 28.2 Å². The summed E-state index contributed by atoms with van der Waals surface area (Å²) in [6.45, 7) is 5.52. The Bertz CT molecular complexity index is 981. The molecule has 0 amide bonds. The lowest BCUT2D eigenvalue weighted by molar-refractivity contribution is -0.155. The normalized spacial score (nSPS) is 11.2. The molecule has 7 heteroatoms. The first-order valence-corrected chi connectivity index (χ1v) is 8.12. The smallest absolute Gasteiger partial charge is 0.326 e. The monoisotopic (exact) mass is 349 g/mol. The Morgan fingerprint density at radius 2 is 2.00 bits per heavy atom. The van der Waals surface area contributed by atoms with Gasteiger partial charge in [0.15, 0.2) is 0 Å². The van der Waals surface area contributed by atoms with Gasteiger partial charge in [0.1, 0.15) is 24.5 Å². The minimum absolute atomic E-state index is 0.0503. The molecule has 26 heavy (non-hydrogen) atoms. The van der Waals surface area contributed by atoms with Crippen molar-refractivity contribution in [2.75, 3.05) is 5.32 Å². The first-order chi connectivity index (χ1) is 12.4. The van der Waals surface area contributed by atoms with Gasteiger partial charge in [-0.1, -0.05) is 0 Å². The molecule has 0 aliphatic carbocycles. The van der Waals surface area contributed by atoms with Crippen molar-refractivity contribution in [1.82, 2.24) is 14.5 Å². The molecule has 2 heterocycles. The maximum atomic E-state index is 12.1. The van der Waals surface area contributed by atoms with Crippen LogP contribution in [0.2, 0.25) is 0 Å². The minimum atomic E-state index is -0.549. The summed E-state index contributed by atoms with van der Waals surface area (Å²) in [6.07, 6.45) is 6.45. The van der Waals surface area contributed by atoms with Gasteiger partial charge >= 0.3 is 5.97 Å². The van der Waals surface area contributed by atoms with E-state index in [9.17, 15) is 10.1 Å². The van der Waals surface area contributed by atoms with Crippen molar-refractivity contribution in [2.24, 2.45) is 0 Å². The fourth-order valence-electron chi connectivity index (χ4n) is 2.64. The van der Waals surface area contributed by atoms with Crippen LogP contribution in [-0.4, -0.2) is 26.1 Å². The second-order valence-corrected chi connectivity index (χ2v) is 6.85. The molecule has 1 N–H and O–H groups in total. The predicted molar refractivity (Wildman–Crippen MR) is 97.8 cm³/mol. The molecule has 3 aromatic rings. The van der Waals surface area contributed by atoms with E-state index in [0.29, 0.717) is 5.56 Å². The molecular formula is C19H19N5O2. The Balaban J connectivity index is 1.90. The number of ether oxygens (including phenoxy) is 1. The van der Waals surface area contributed by atoms with E-state index in [4.69, 9.17) is 4.74 Å². The number of nitriles is 1. The van der Waals surface area contributed by atoms with Crippen LogP contribution in [0.3, 0.4) is 0 Å². The molecule has 3 rings (SSSR count). The third-order valence-electron chi connectivity index (χ3n) is 3.57. The van der Waals surface area contributed by atoms with E-state index < -0.39 is 5.60 Å². The summed E-state index contributed by atoms with van der Waals surface area (Å²) in [5, 5.41) is 13.4. The summed E-state index contributed by atoms with van der Waals surface area (Å²) in [4.78, 5) is 20.0. The molecule has 1 aromatic carbocycles. The van der Waals surface area contributed by atoms with Crippen LogP contribution in [0.1, 0.15) is 26.3 Å². The molecule has 0 atom stereocenters. The fourth-order valence-corrected chi connectivity index (χ4v) is 2.64. The number of carbonyl (C=O) groups excluding carboxylic acids is 1. The summed E-state index contributed by atoms with van der Waals surface area (Å²) in [7, 11) is 0. The van der Waals surface area contributed by atoms with Crippen molar-refractivity contribution in [1.29, 1.82) is 5.26 Å². The Labute approximate surface area is 151 Å². The largest absolute Gasteiger partial charge is 0.459 e. The van der Waals surface area contributed by atoms with E-state index in [1.54, 1.807) is 23.2 Å². The van der Waals surface area contributed by atoms with Crippen LogP contribution in [0, 0.1) is 11.3 Å². The molecule has 0 bridgehead atoms. The topological polar surface area (TPSA) is 92.8 Å². The Hall–Kier alpha value is -3.40. The highest BCUT2D eigenvalue weighted by atomic mass is 16.6. The summed E-state index contributed by atoms with van der Waals surface area (Å²) in [6, 6.07) is 7.79. The number of hydrogen-bond acceptors (Lipinski definition) is 6. The third-order valence-corrected chi connectivity index (χ3v) is 3.57. The van der Waals surface area contributed by atoms with Gasteiger partial charge in [-0.3, -0.25) is 4.79 Å². The van der Waals surface area contributed by atoms with Gasteiger partial charge in [0.2, 0.25) is 0 Å². The molecule has 132 valence electrons. The molecule has 0 aliphatic heterocycles. The van der Waals surface area contributed by atoms with Crippen LogP contribution in [0.15, 0.2) is 43.1 Å². The Morgan fingerprint density at radius 1 is 1.27 bits per heavy atom. The lowest BCUT2D eigenvalue weighted by atomic mass is 10.1. The van der Waals surface area contributed by atoms with Crippen LogP contribution >= 0.6 is 0 Å². The van der Waals surface area contributed by atoms with Crippen molar-refractivity contribution in [3.63, 3.8) is 0 Å². The highest BCUT2D eigenvalue weighted by Crippen LogP contribution is 2.26. The Morgan fingerprint density at radius 3 is 2.65 bits per heavy atom. The molecule has 0 saturated carbocycles. The van der Waals surface area contributed by atoms with E-state index in [1.807, 2.05) is 39.0 Å². The van der Waals surface area contributed by atoms with Gasteiger partial charge < -0.3 is 14.6 Å². The van der Waals surface area contributed by atoms with Gasteiger partial charge in [0.05, 0.1) is 29.2 Å². The molecule has 0 unspecified atom stereocenters. The van der Waals surface area contributed by atoms with Gasteiger partial charge in [0.25, 0.3) is 0 Å². The van der Waals surface area contributed by atoms with Crippen molar-refractivity contribution in [3.05, 3.63) is 48.7 Å². The number of esters is 1. The third kappa shape index (κ3) is 3.98. The molecule has 0 aliphatic rings. The number of hydrogen-bond donors (Lipinski definition) is 1. The standard InChI is InChI=1S/C19H19N5O2/c1-19(2,3)26-18(25)11-24-10-13(7-20)16-6-14(4-5-17(16)24)23-15-8-21-12-22-9-15/h4-6,8-10,12,23H,11H2,1-3H3. The highest BCUT2D eigenvalue weighted by Gasteiger charge is 2.18. The lowest BCUT2D eigenvalue weighted by Crippen LogP contribution is -2.26. The van der Waals surface area contributed by atoms with Crippen molar-refractivity contribution in [2.45, 2.75) is 32.9 Å².